The van der Waals surface area contributed by atoms with Crippen LogP contribution in [0.5, 0.6) is 5.75 Å². The highest BCUT2D eigenvalue weighted by atomic mass is 79.9. The van der Waals surface area contributed by atoms with Crippen molar-refractivity contribution in [3.8, 4) is 5.75 Å². The van der Waals surface area contributed by atoms with Crippen LogP contribution in [0.1, 0.15) is 44.2 Å². The Kier molecular flexibility index (Phi) is 11.7. The van der Waals surface area contributed by atoms with Crippen LogP contribution in [-0.4, -0.2) is 42.2 Å². The van der Waals surface area contributed by atoms with Gasteiger partial charge in [0.25, 0.3) is 0 Å². The fourth-order valence-corrected chi connectivity index (χ4v) is 4.45. The number of nitrogens with zero attached hydrogens (tertiary/aromatic N) is 1. The molecule has 174 valence electrons. The number of hydrogen-bond donors (Lipinski definition) is 1. The van der Waals surface area contributed by atoms with Crippen LogP contribution in [0.15, 0.2) is 53.0 Å². The number of halogens is 1. The lowest BCUT2D eigenvalue weighted by molar-refractivity contribution is -0.139. The van der Waals surface area contributed by atoms with Crippen molar-refractivity contribution in [2.45, 2.75) is 51.4 Å². The molecule has 0 fully saturated rings. The number of carbonyl (C=O) groups is 2. The minimum absolute atomic E-state index is 0.0348. The van der Waals surface area contributed by atoms with Crippen molar-refractivity contribution in [1.82, 2.24) is 10.2 Å². The van der Waals surface area contributed by atoms with E-state index in [1.807, 2.05) is 55.5 Å². The maximum Gasteiger partial charge on any atom is 0.242 e. The van der Waals surface area contributed by atoms with Crippen molar-refractivity contribution in [2.75, 3.05) is 19.4 Å². The van der Waals surface area contributed by atoms with Gasteiger partial charge in [-0.3, -0.25) is 9.59 Å². The monoisotopic (exact) mass is 520 g/mol. The first-order valence-electron chi connectivity index (χ1n) is 11.0. The molecule has 0 unspecified atom stereocenters. The molecule has 2 rings (SSSR count). The van der Waals surface area contributed by atoms with Crippen LogP contribution in [0.25, 0.3) is 0 Å². The second-order valence-corrected chi connectivity index (χ2v) is 9.46. The lowest BCUT2D eigenvalue weighted by Crippen LogP contribution is -2.49. The van der Waals surface area contributed by atoms with E-state index >= 15 is 0 Å². The summed E-state index contributed by atoms with van der Waals surface area (Å²) in [4.78, 5) is 27.9. The van der Waals surface area contributed by atoms with Gasteiger partial charge in [0.05, 0.1) is 12.9 Å². The second-order valence-electron chi connectivity index (χ2n) is 7.56. The fourth-order valence-electron chi connectivity index (χ4n) is 3.31. The van der Waals surface area contributed by atoms with Gasteiger partial charge < -0.3 is 15.0 Å². The molecule has 0 saturated heterocycles. The van der Waals surface area contributed by atoms with Gasteiger partial charge in [-0.15, -0.1) is 11.8 Å². The van der Waals surface area contributed by atoms with Crippen molar-refractivity contribution in [1.29, 1.82) is 0 Å². The topological polar surface area (TPSA) is 58.6 Å². The van der Waals surface area contributed by atoms with Gasteiger partial charge in [0.1, 0.15) is 11.8 Å². The molecule has 5 nitrogen and oxygen atoms in total. The number of nitrogens with one attached hydrogen (secondary N) is 1. The van der Waals surface area contributed by atoms with E-state index in [2.05, 4.69) is 28.2 Å². The number of benzene rings is 2. The van der Waals surface area contributed by atoms with E-state index in [4.69, 9.17) is 4.74 Å². The van der Waals surface area contributed by atoms with Crippen LogP contribution in [0.3, 0.4) is 0 Å². The first-order valence-corrected chi connectivity index (χ1v) is 13.0. The molecule has 0 spiro atoms. The standard InChI is InChI=1S/C25H33BrN2O3S/c1-4-6-14-27-25(30)23(5-2)28(16-20-8-7-9-22(15-20)31-3)24(29)18-32-17-19-10-12-21(26)13-11-19/h7-13,15,23H,4-6,14,16-18H2,1-3H3,(H,27,30)/t23-/m1/s1. The molecule has 0 bridgehead atoms. The summed E-state index contributed by atoms with van der Waals surface area (Å²) >= 11 is 5.01. The number of thioether (sulfide) groups is 1. The summed E-state index contributed by atoms with van der Waals surface area (Å²) in [6, 6.07) is 15.2. The highest BCUT2D eigenvalue weighted by molar-refractivity contribution is 9.10. The quantitative estimate of drug-likeness (QED) is 0.358. The average molecular weight is 522 g/mol. The Hall–Kier alpha value is -1.99. The second kappa shape index (κ2) is 14.2. The Balaban J connectivity index is 2.12. The number of hydrogen-bond acceptors (Lipinski definition) is 4. The fraction of sp³-hybridized carbons (Fsp3) is 0.440. The molecule has 0 aliphatic heterocycles. The lowest BCUT2D eigenvalue weighted by atomic mass is 10.1. The molecule has 1 atom stereocenters. The number of methoxy groups -OCH3 is 1. The Bertz CT molecular complexity index is 861. The van der Waals surface area contributed by atoms with E-state index in [0.717, 1.165) is 39.9 Å². The lowest BCUT2D eigenvalue weighted by Gasteiger charge is -2.30. The van der Waals surface area contributed by atoms with E-state index < -0.39 is 6.04 Å². The van der Waals surface area contributed by atoms with E-state index in [-0.39, 0.29) is 11.8 Å². The van der Waals surface area contributed by atoms with E-state index in [0.29, 0.717) is 25.3 Å². The Morgan fingerprint density at radius 2 is 1.88 bits per heavy atom. The van der Waals surface area contributed by atoms with Gasteiger partial charge in [-0.1, -0.05) is 60.5 Å². The Labute approximate surface area is 204 Å². The molecule has 0 aliphatic rings. The highest BCUT2D eigenvalue weighted by Gasteiger charge is 2.28. The van der Waals surface area contributed by atoms with Crippen LogP contribution in [0, 0.1) is 0 Å². The van der Waals surface area contributed by atoms with E-state index in [1.54, 1.807) is 23.8 Å². The molecule has 0 saturated carbocycles. The Morgan fingerprint density at radius 3 is 2.53 bits per heavy atom. The zero-order chi connectivity index (χ0) is 23.3. The average Bonchev–Trinajstić information content (AvgIpc) is 2.80. The Morgan fingerprint density at radius 1 is 1.12 bits per heavy atom. The summed E-state index contributed by atoms with van der Waals surface area (Å²) in [6.07, 6.45) is 2.50. The highest BCUT2D eigenvalue weighted by Crippen LogP contribution is 2.20. The molecular weight excluding hydrogens is 488 g/mol. The molecule has 2 aromatic carbocycles. The first-order chi connectivity index (χ1) is 15.5. The van der Waals surface area contributed by atoms with Gasteiger partial charge in [-0.25, -0.2) is 0 Å². The predicted molar refractivity (Wildman–Crippen MR) is 136 cm³/mol. The molecule has 32 heavy (non-hydrogen) atoms. The summed E-state index contributed by atoms with van der Waals surface area (Å²) in [7, 11) is 1.62. The predicted octanol–water partition coefficient (Wildman–Crippen LogP) is 5.41. The number of amides is 2. The van der Waals surface area contributed by atoms with Crippen LogP contribution < -0.4 is 10.1 Å². The minimum atomic E-state index is -0.501. The van der Waals surface area contributed by atoms with Gasteiger partial charge in [0.15, 0.2) is 0 Å². The first kappa shape index (κ1) is 26.3. The number of carbonyl (C=O) groups excluding carboxylic acids is 2. The van der Waals surface area contributed by atoms with Crippen LogP contribution >= 0.6 is 27.7 Å². The molecule has 0 radical (unpaired) electrons. The third-order valence-corrected chi connectivity index (χ3v) is 6.63. The normalized spacial score (nSPS) is 11.6. The molecule has 2 aromatic rings. The van der Waals surface area contributed by atoms with Crippen molar-refractivity contribution >= 4 is 39.5 Å². The summed E-state index contributed by atoms with van der Waals surface area (Å²) in [5.74, 6) is 1.67. The summed E-state index contributed by atoms with van der Waals surface area (Å²) in [5.41, 5.74) is 2.10. The zero-order valence-corrected chi connectivity index (χ0v) is 21.5. The molecule has 0 heterocycles. The molecular formula is C25H33BrN2O3S. The number of rotatable bonds is 13. The third kappa shape index (κ3) is 8.51. The minimum Gasteiger partial charge on any atom is -0.497 e. The summed E-state index contributed by atoms with van der Waals surface area (Å²) < 4.78 is 6.36. The van der Waals surface area contributed by atoms with Gasteiger partial charge in [0.2, 0.25) is 11.8 Å². The molecule has 0 aliphatic carbocycles. The number of unbranched alkanes of at least 4 members (excludes halogenated alkanes) is 1. The smallest absolute Gasteiger partial charge is 0.242 e. The maximum absolute atomic E-state index is 13.3. The van der Waals surface area contributed by atoms with Crippen molar-refractivity contribution in [3.63, 3.8) is 0 Å². The molecule has 0 aromatic heterocycles. The number of ether oxygens (including phenoxy) is 1. The SMILES string of the molecule is CCCCNC(=O)[C@@H](CC)N(Cc1cccc(OC)c1)C(=O)CSCc1ccc(Br)cc1. The van der Waals surface area contributed by atoms with Gasteiger partial charge in [-0.2, -0.15) is 0 Å². The van der Waals surface area contributed by atoms with Crippen molar-refractivity contribution < 1.29 is 14.3 Å². The maximum atomic E-state index is 13.3. The van der Waals surface area contributed by atoms with E-state index in [9.17, 15) is 9.59 Å². The molecule has 2 amide bonds. The third-order valence-electron chi connectivity index (χ3n) is 5.11. The van der Waals surface area contributed by atoms with Gasteiger partial charge in [0, 0.05) is 23.3 Å². The van der Waals surface area contributed by atoms with E-state index in [1.165, 1.54) is 0 Å². The van der Waals surface area contributed by atoms with Gasteiger partial charge >= 0.3 is 0 Å². The largest absolute Gasteiger partial charge is 0.497 e. The molecule has 1 N–H and O–H groups in total. The van der Waals surface area contributed by atoms with Gasteiger partial charge in [-0.05, 0) is 48.2 Å². The molecule has 7 heteroatoms. The van der Waals surface area contributed by atoms with Crippen molar-refractivity contribution in [2.24, 2.45) is 0 Å². The van der Waals surface area contributed by atoms with Crippen LogP contribution in [0.2, 0.25) is 0 Å². The summed E-state index contributed by atoms with van der Waals surface area (Å²) in [6.45, 7) is 5.04. The zero-order valence-electron chi connectivity index (χ0n) is 19.1. The summed E-state index contributed by atoms with van der Waals surface area (Å²) in [5, 5.41) is 3.00. The van der Waals surface area contributed by atoms with Crippen LogP contribution in [-0.2, 0) is 21.9 Å². The van der Waals surface area contributed by atoms with Crippen molar-refractivity contribution in [3.05, 3.63) is 64.1 Å². The van der Waals surface area contributed by atoms with Crippen LogP contribution in [0.4, 0.5) is 0 Å².